The van der Waals surface area contributed by atoms with E-state index in [9.17, 15) is 4.79 Å². The second-order valence-corrected chi connectivity index (χ2v) is 7.56. The lowest BCUT2D eigenvalue weighted by atomic mass is 9.81. The highest BCUT2D eigenvalue weighted by Gasteiger charge is 2.30. The van der Waals surface area contributed by atoms with Crippen LogP contribution in [0.15, 0.2) is 84.9 Å². The van der Waals surface area contributed by atoms with Gasteiger partial charge in [-0.3, -0.25) is 4.79 Å². The fraction of sp³-hybridized carbons (Fsp3) is 0.321. The van der Waals surface area contributed by atoms with Gasteiger partial charge in [-0.25, -0.2) is 0 Å². The van der Waals surface area contributed by atoms with E-state index in [-0.39, 0.29) is 17.8 Å². The molecule has 0 bridgehead atoms. The van der Waals surface area contributed by atoms with Crippen LogP contribution in [-0.2, 0) is 22.7 Å². The van der Waals surface area contributed by atoms with Crippen LogP contribution >= 0.6 is 0 Å². The van der Waals surface area contributed by atoms with Gasteiger partial charge in [0.2, 0.25) is 0 Å². The molecule has 3 aromatic rings. The van der Waals surface area contributed by atoms with Crippen molar-refractivity contribution in [2.45, 2.75) is 58.3 Å². The molecule has 0 N–H and O–H groups in total. The summed E-state index contributed by atoms with van der Waals surface area (Å²) in [6.45, 7) is 5.11. The summed E-state index contributed by atoms with van der Waals surface area (Å²) in [4.78, 5) is 12.7. The first kappa shape index (κ1) is 22.8. The summed E-state index contributed by atoms with van der Waals surface area (Å²) >= 11 is 0. The number of carbonyl (C=O) groups is 1. The van der Waals surface area contributed by atoms with Gasteiger partial charge in [0, 0.05) is 12.3 Å². The summed E-state index contributed by atoms with van der Waals surface area (Å²) < 4.78 is 11.8. The molecule has 1 aliphatic carbocycles. The smallest absolute Gasteiger partial charge is 0.142 e. The number of ether oxygens (including phenoxy) is 2. The summed E-state index contributed by atoms with van der Waals surface area (Å²) in [5.41, 5.74) is 3.36. The van der Waals surface area contributed by atoms with Crippen LogP contribution in [0.2, 0.25) is 0 Å². The number of ketones is 1. The van der Waals surface area contributed by atoms with Crippen LogP contribution < -0.4 is 4.74 Å². The van der Waals surface area contributed by atoms with Crippen LogP contribution in [0.25, 0.3) is 0 Å². The van der Waals surface area contributed by atoms with Crippen LogP contribution in [0.5, 0.6) is 5.75 Å². The summed E-state index contributed by atoms with van der Waals surface area (Å²) in [5, 5.41) is 0. The molecule has 1 aliphatic rings. The van der Waals surface area contributed by atoms with Crippen LogP contribution in [0, 0.1) is 0 Å². The lowest BCUT2D eigenvalue weighted by Crippen LogP contribution is -2.28. The van der Waals surface area contributed by atoms with Crippen molar-refractivity contribution in [2.75, 3.05) is 0 Å². The Balaban J connectivity index is 0.00000132. The van der Waals surface area contributed by atoms with Crippen molar-refractivity contribution in [3.05, 3.63) is 102 Å². The molecule has 3 heteroatoms. The van der Waals surface area contributed by atoms with E-state index in [1.807, 2.05) is 86.6 Å². The molecule has 2 unspecified atom stereocenters. The van der Waals surface area contributed by atoms with E-state index in [1.165, 1.54) is 0 Å². The number of carbonyl (C=O) groups excluding carboxylic acids is 1. The Hall–Kier alpha value is -2.91. The molecule has 0 heterocycles. The van der Waals surface area contributed by atoms with E-state index < -0.39 is 0 Å². The van der Waals surface area contributed by atoms with Gasteiger partial charge in [-0.2, -0.15) is 0 Å². The number of hydrogen-bond donors (Lipinski definition) is 0. The summed E-state index contributed by atoms with van der Waals surface area (Å²) in [7, 11) is 0. The highest BCUT2D eigenvalue weighted by Crippen LogP contribution is 2.32. The maximum Gasteiger partial charge on any atom is 0.142 e. The Morgan fingerprint density at radius 3 is 1.90 bits per heavy atom. The lowest BCUT2D eigenvalue weighted by Gasteiger charge is -2.28. The topological polar surface area (TPSA) is 35.5 Å². The van der Waals surface area contributed by atoms with Gasteiger partial charge in [-0.1, -0.05) is 86.6 Å². The average Bonchev–Trinajstić information content (AvgIpc) is 2.84. The minimum atomic E-state index is -0.0326. The molecule has 0 spiro atoms. The summed E-state index contributed by atoms with van der Waals surface area (Å²) in [5.74, 6) is 1.06. The quantitative estimate of drug-likeness (QED) is 0.429. The molecule has 0 saturated heterocycles. The van der Waals surface area contributed by atoms with Gasteiger partial charge in [0.1, 0.15) is 18.1 Å². The second-order valence-electron chi connectivity index (χ2n) is 7.56. The highest BCUT2D eigenvalue weighted by molar-refractivity contribution is 5.87. The number of rotatable bonds is 7. The SMILES string of the molecule is CC.O=C1CC(OCc2ccccc2)CCC1c1ccc(OCc2ccccc2)cc1. The molecule has 0 amide bonds. The lowest BCUT2D eigenvalue weighted by molar-refractivity contribution is -0.126. The van der Waals surface area contributed by atoms with E-state index >= 15 is 0 Å². The third-order valence-corrected chi connectivity index (χ3v) is 5.45. The van der Waals surface area contributed by atoms with Gasteiger partial charge in [0.15, 0.2) is 0 Å². The number of benzene rings is 3. The Kier molecular flexibility index (Phi) is 8.86. The van der Waals surface area contributed by atoms with Crippen molar-refractivity contribution in [2.24, 2.45) is 0 Å². The molecule has 0 aliphatic heterocycles. The predicted molar refractivity (Wildman–Crippen MR) is 125 cm³/mol. The van der Waals surface area contributed by atoms with Crippen molar-refractivity contribution in [1.29, 1.82) is 0 Å². The van der Waals surface area contributed by atoms with Gasteiger partial charge in [0.25, 0.3) is 0 Å². The fourth-order valence-corrected chi connectivity index (χ4v) is 3.80. The molecular weight excluding hydrogens is 384 g/mol. The molecule has 3 nitrogen and oxygen atoms in total. The summed E-state index contributed by atoms with van der Waals surface area (Å²) in [6.07, 6.45) is 2.26. The second kappa shape index (κ2) is 12.1. The zero-order valence-corrected chi connectivity index (χ0v) is 18.5. The van der Waals surface area contributed by atoms with Gasteiger partial charge in [-0.05, 0) is 41.7 Å². The Morgan fingerprint density at radius 1 is 0.742 bits per heavy atom. The minimum absolute atomic E-state index is 0.0208. The third-order valence-electron chi connectivity index (χ3n) is 5.45. The van der Waals surface area contributed by atoms with E-state index in [4.69, 9.17) is 9.47 Å². The van der Waals surface area contributed by atoms with E-state index in [2.05, 4.69) is 12.1 Å². The maximum absolute atomic E-state index is 12.7. The molecular formula is C28H32O3. The minimum Gasteiger partial charge on any atom is -0.489 e. The molecule has 31 heavy (non-hydrogen) atoms. The van der Waals surface area contributed by atoms with Crippen molar-refractivity contribution >= 4 is 5.78 Å². The van der Waals surface area contributed by atoms with Gasteiger partial charge in [0.05, 0.1) is 12.7 Å². The van der Waals surface area contributed by atoms with Crippen LogP contribution in [0.1, 0.15) is 55.7 Å². The monoisotopic (exact) mass is 416 g/mol. The molecule has 1 fully saturated rings. The Morgan fingerprint density at radius 2 is 1.32 bits per heavy atom. The van der Waals surface area contributed by atoms with Crippen LogP contribution in [0.3, 0.4) is 0 Å². The number of Topliss-reactive ketones (excluding diaryl/α,β-unsaturated/α-hetero) is 1. The van der Waals surface area contributed by atoms with Crippen molar-refractivity contribution in [3.63, 3.8) is 0 Å². The average molecular weight is 417 g/mol. The first-order valence-electron chi connectivity index (χ1n) is 11.2. The normalized spacial score (nSPS) is 18.1. The molecule has 4 rings (SSSR count). The molecule has 162 valence electrons. The molecule has 3 aromatic carbocycles. The standard InChI is InChI=1S/C26H26O3.C2H6/c27-26-17-24(29-19-21-9-5-2-6-10-21)15-16-25(26)22-11-13-23(14-12-22)28-18-20-7-3-1-4-8-20;1-2/h1-14,24-25H,15-19H2;1-2H3. The van der Waals surface area contributed by atoms with Gasteiger partial charge in [-0.15, -0.1) is 0 Å². The summed E-state index contributed by atoms with van der Waals surface area (Å²) in [6, 6.07) is 28.2. The molecule has 0 radical (unpaired) electrons. The maximum atomic E-state index is 12.7. The largest absolute Gasteiger partial charge is 0.489 e. The van der Waals surface area contributed by atoms with E-state index in [1.54, 1.807) is 0 Å². The Bertz CT molecular complexity index is 904. The van der Waals surface area contributed by atoms with E-state index in [0.29, 0.717) is 19.6 Å². The predicted octanol–water partition coefficient (Wildman–Crippen LogP) is 6.71. The fourth-order valence-electron chi connectivity index (χ4n) is 3.80. The number of hydrogen-bond acceptors (Lipinski definition) is 3. The van der Waals surface area contributed by atoms with Gasteiger partial charge >= 0.3 is 0 Å². The molecule has 0 aromatic heterocycles. The van der Waals surface area contributed by atoms with E-state index in [0.717, 1.165) is 35.3 Å². The highest BCUT2D eigenvalue weighted by atomic mass is 16.5. The van der Waals surface area contributed by atoms with Gasteiger partial charge < -0.3 is 9.47 Å². The first-order chi connectivity index (χ1) is 15.3. The molecule has 1 saturated carbocycles. The zero-order valence-electron chi connectivity index (χ0n) is 18.5. The van der Waals surface area contributed by atoms with Crippen LogP contribution in [-0.4, -0.2) is 11.9 Å². The van der Waals surface area contributed by atoms with Crippen molar-refractivity contribution in [1.82, 2.24) is 0 Å². The van der Waals surface area contributed by atoms with Crippen molar-refractivity contribution in [3.8, 4) is 5.75 Å². The Labute approximate surface area is 186 Å². The molecule has 2 atom stereocenters. The zero-order chi connectivity index (χ0) is 21.9. The third kappa shape index (κ3) is 6.80. The van der Waals surface area contributed by atoms with Crippen molar-refractivity contribution < 1.29 is 14.3 Å². The first-order valence-corrected chi connectivity index (χ1v) is 11.2. The van der Waals surface area contributed by atoms with Crippen LogP contribution in [0.4, 0.5) is 0 Å².